The van der Waals surface area contributed by atoms with E-state index in [-0.39, 0.29) is 18.2 Å². The van der Waals surface area contributed by atoms with E-state index in [1.54, 1.807) is 54.2 Å². The second-order valence-corrected chi connectivity index (χ2v) is 9.06. The number of nitrogens with two attached hydrogens (primary N) is 1. The lowest BCUT2D eigenvalue weighted by atomic mass is 9.88. The number of carbonyl (C=O) groups is 2. The SMILES string of the molecule is Cc1ncccc1C(=O)Nc1ccc2c(c1)-c1c(c(C(N)=O)nn1-c1ccc(OCC(O)CO)cc1)CC2. The number of aliphatic hydroxyl groups excluding tert-OH is 2. The zero-order valence-electron chi connectivity index (χ0n) is 20.7. The topological polar surface area (TPSA) is 153 Å². The molecule has 2 amide bonds. The molecule has 10 nitrogen and oxygen atoms in total. The summed E-state index contributed by atoms with van der Waals surface area (Å²) in [6, 6.07) is 16.1. The third kappa shape index (κ3) is 4.86. The monoisotopic (exact) mass is 513 g/mol. The van der Waals surface area contributed by atoms with Gasteiger partial charge in [-0.2, -0.15) is 5.10 Å². The maximum atomic E-state index is 12.9. The normalized spacial score (nSPS) is 12.8. The second kappa shape index (κ2) is 10.4. The van der Waals surface area contributed by atoms with Crippen molar-refractivity contribution in [3.63, 3.8) is 0 Å². The minimum absolute atomic E-state index is 0.0424. The van der Waals surface area contributed by atoms with E-state index in [1.807, 2.05) is 18.2 Å². The van der Waals surface area contributed by atoms with Gasteiger partial charge >= 0.3 is 0 Å². The molecule has 2 heterocycles. The third-order valence-electron chi connectivity index (χ3n) is 6.47. The summed E-state index contributed by atoms with van der Waals surface area (Å²) in [5.74, 6) is -0.369. The van der Waals surface area contributed by atoms with E-state index in [9.17, 15) is 14.7 Å². The summed E-state index contributed by atoms with van der Waals surface area (Å²) in [5, 5.41) is 26.0. The Kier molecular flexibility index (Phi) is 6.91. The van der Waals surface area contributed by atoms with Gasteiger partial charge in [-0.1, -0.05) is 6.07 Å². The van der Waals surface area contributed by atoms with Crippen LogP contribution in [0, 0.1) is 6.92 Å². The number of benzene rings is 2. The first-order chi connectivity index (χ1) is 18.4. The van der Waals surface area contributed by atoms with Crippen LogP contribution in [0.4, 0.5) is 5.69 Å². The molecule has 38 heavy (non-hydrogen) atoms. The lowest BCUT2D eigenvalue weighted by molar-refractivity contribution is 0.0536. The molecule has 0 spiro atoms. The molecule has 2 aromatic carbocycles. The van der Waals surface area contributed by atoms with Crippen molar-refractivity contribution in [1.82, 2.24) is 14.8 Å². The first-order valence-electron chi connectivity index (χ1n) is 12.2. The summed E-state index contributed by atoms with van der Waals surface area (Å²) < 4.78 is 7.18. The number of aryl methyl sites for hydroxylation is 2. The summed E-state index contributed by atoms with van der Waals surface area (Å²) in [6.45, 7) is 1.35. The van der Waals surface area contributed by atoms with E-state index in [0.717, 1.165) is 22.4 Å². The number of anilines is 1. The Hall–Kier alpha value is -4.54. The van der Waals surface area contributed by atoms with E-state index in [1.165, 1.54) is 0 Å². The van der Waals surface area contributed by atoms with Crippen LogP contribution >= 0.6 is 0 Å². The predicted molar refractivity (Wildman–Crippen MR) is 140 cm³/mol. The van der Waals surface area contributed by atoms with Gasteiger partial charge in [-0.3, -0.25) is 14.6 Å². The maximum absolute atomic E-state index is 12.9. The van der Waals surface area contributed by atoms with Crippen molar-refractivity contribution in [3.05, 3.63) is 88.9 Å². The van der Waals surface area contributed by atoms with E-state index >= 15 is 0 Å². The molecule has 194 valence electrons. The highest BCUT2D eigenvalue weighted by molar-refractivity contribution is 6.05. The number of carbonyl (C=O) groups excluding carboxylic acids is 2. The number of rotatable bonds is 8. The van der Waals surface area contributed by atoms with Crippen LogP contribution in [-0.4, -0.2) is 56.1 Å². The number of nitrogens with zero attached hydrogens (tertiary/aromatic N) is 3. The first kappa shape index (κ1) is 25.1. The molecule has 10 heteroatoms. The van der Waals surface area contributed by atoms with Gasteiger partial charge in [0.25, 0.3) is 11.8 Å². The number of nitrogens with one attached hydrogen (secondary N) is 1. The van der Waals surface area contributed by atoms with Gasteiger partial charge in [0.05, 0.1) is 23.6 Å². The van der Waals surface area contributed by atoms with Gasteiger partial charge in [0, 0.05) is 28.7 Å². The van der Waals surface area contributed by atoms with Crippen LogP contribution in [-0.2, 0) is 12.8 Å². The smallest absolute Gasteiger partial charge is 0.269 e. The maximum Gasteiger partial charge on any atom is 0.269 e. The number of ether oxygens (including phenoxy) is 1. The largest absolute Gasteiger partial charge is 0.491 e. The van der Waals surface area contributed by atoms with Gasteiger partial charge in [0.15, 0.2) is 5.69 Å². The predicted octanol–water partition coefficient (Wildman–Crippen LogP) is 2.42. The van der Waals surface area contributed by atoms with Crippen molar-refractivity contribution in [2.45, 2.75) is 25.9 Å². The number of aromatic nitrogens is 3. The summed E-state index contributed by atoms with van der Waals surface area (Å²) in [4.78, 5) is 29.4. The van der Waals surface area contributed by atoms with Crippen molar-refractivity contribution in [2.24, 2.45) is 5.73 Å². The quantitative estimate of drug-likeness (QED) is 0.282. The van der Waals surface area contributed by atoms with Crippen LogP contribution in [0.5, 0.6) is 5.75 Å². The van der Waals surface area contributed by atoms with Crippen molar-refractivity contribution < 1.29 is 24.5 Å². The van der Waals surface area contributed by atoms with Crippen molar-refractivity contribution >= 4 is 17.5 Å². The lowest BCUT2D eigenvalue weighted by Gasteiger charge is -2.20. The molecule has 1 aliphatic carbocycles. The molecule has 0 fully saturated rings. The van der Waals surface area contributed by atoms with Crippen molar-refractivity contribution in [3.8, 4) is 22.7 Å². The Morgan fingerprint density at radius 2 is 1.95 bits per heavy atom. The zero-order chi connectivity index (χ0) is 26.8. The van der Waals surface area contributed by atoms with Crippen molar-refractivity contribution in [2.75, 3.05) is 18.5 Å². The van der Waals surface area contributed by atoms with Crippen molar-refractivity contribution in [1.29, 1.82) is 0 Å². The molecule has 0 radical (unpaired) electrons. The summed E-state index contributed by atoms with van der Waals surface area (Å²) >= 11 is 0. The molecule has 2 aromatic heterocycles. The third-order valence-corrected chi connectivity index (χ3v) is 6.47. The van der Waals surface area contributed by atoms with E-state index in [0.29, 0.717) is 41.2 Å². The fraction of sp³-hybridized carbons (Fsp3) is 0.214. The molecular formula is C28H27N5O5. The highest BCUT2D eigenvalue weighted by Gasteiger charge is 2.28. The average Bonchev–Trinajstić information content (AvgIpc) is 3.33. The van der Waals surface area contributed by atoms with Gasteiger partial charge in [-0.05, 0) is 73.9 Å². The Bertz CT molecular complexity index is 1510. The Balaban J connectivity index is 1.52. The minimum atomic E-state index is -0.973. The molecule has 0 saturated carbocycles. The molecule has 1 unspecified atom stereocenters. The number of hydrogen-bond donors (Lipinski definition) is 4. The second-order valence-electron chi connectivity index (χ2n) is 9.06. The zero-order valence-corrected chi connectivity index (χ0v) is 20.7. The average molecular weight is 514 g/mol. The number of primary amides is 1. The number of pyridine rings is 1. The lowest BCUT2D eigenvalue weighted by Crippen LogP contribution is -2.21. The fourth-order valence-electron chi connectivity index (χ4n) is 4.55. The number of fused-ring (bicyclic) bond motifs is 3. The van der Waals surface area contributed by atoms with E-state index in [4.69, 9.17) is 15.6 Å². The minimum Gasteiger partial charge on any atom is -0.491 e. The Labute approximate surface area is 218 Å². The van der Waals surface area contributed by atoms with Gasteiger partial charge in [0.1, 0.15) is 18.5 Å². The van der Waals surface area contributed by atoms with Gasteiger partial charge in [-0.15, -0.1) is 0 Å². The molecule has 5 N–H and O–H groups in total. The van der Waals surface area contributed by atoms with E-state index in [2.05, 4.69) is 15.4 Å². The van der Waals surface area contributed by atoms with Crippen LogP contribution in [0.2, 0.25) is 0 Å². The molecule has 1 aliphatic rings. The molecule has 0 bridgehead atoms. The molecular weight excluding hydrogens is 486 g/mol. The van der Waals surface area contributed by atoms with Gasteiger partial charge in [0.2, 0.25) is 0 Å². The Morgan fingerprint density at radius 1 is 1.16 bits per heavy atom. The molecule has 5 rings (SSSR count). The van der Waals surface area contributed by atoms with Crippen LogP contribution in [0.15, 0.2) is 60.8 Å². The van der Waals surface area contributed by atoms with Crippen LogP contribution in [0.3, 0.4) is 0 Å². The molecule has 0 saturated heterocycles. The fourth-order valence-corrected chi connectivity index (χ4v) is 4.55. The standard InChI is InChI=1S/C28H27N5O5/c1-16-22(3-2-12-30-16)28(37)31-18-6-4-17-5-11-23-25(27(29)36)32-33(26(23)24(17)13-18)19-7-9-21(10-8-19)38-15-20(35)14-34/h2-4,6-10,12-13,20,34-35H,5,11,14-15H2,1H3,(H2,29,36)(H,31,37). The summed E-state index contributed by atoms with van der Waals surface area (Å²) in [7, 11) is 0. The van der Waals surface area contributed by atoms with Crippen LogP contribution < -0.4 is 15.8 Å². The van der Waals surface area contributed by atoms with E-state index < -0.39 is 18.6 Å². The highest BCUT2D eigenvalue weighted by atomic mass is 16.5. The summed E-state index contributed by atoms with van der Waals surface area (Å²) in [6.07, 6.45) is 1.96. The number of hydrogen-bond acceptors (Lipinski definition) is 7. The number of amides is 2. The first-order valence-corrected chi connectivity index (χ1v) is 12.2. The molecule has 0 aliphatic heterocycles. The highest BCUT2D eigenvalue weighted by Crippen LogP contribution is 2.38. The Morgan fingerprint density at radius 3 is 2.66 bits per heavy atom. The van der Waals surface area contributed by atoms with Crippen LogP contribution in [0.25, 0.3) is 16.9 Å². The summed E-state index contributed by atoms with van der Waals surface area (Å²) in [5.41, 5.74) is 11.7. The number of aliphatic hydroxyl groups is 2. The van der Waals surface area contributed by atoms with Crippen LogP contribution in [0.1, 0.15) is 37.7 Å². The molecule has 1 atom stereocenters. The van der Waals surface area contributed by atoms with Gasteiger partial charge < -0.3 is 26.0 Å². The van der Waals surface area contributed by atoms with Gasteiger partial charge in [-0.25, -0.2) is 4.68 Å². The molecule has 4 aromatic rings.